The number of ether oxygens (including phenoxy) is 2. The first-order valence-corrected chi connectivity index (χ1v) is 7.81. The number of hydrogen-bond donors (Lipinski definition) is 1. The number of fused-ring (bicyclic) bond motifs is 2. The van der Waals surface area contributed by atoms with Gasteiger partial charge in [-0.1, -0.05) is 0 Å². The number of thiophene rings is 1. The average molecular weight is 291 g/mol. The van der Waals surface area contributed by atoms with Crippen LogP contribution in [0.1, 0.15) is 6.42 Å². The zero-order valence-corrected chi connectivity index (χ0v) is 12.1. The van der Waals surface area contributed by atoms with Crippen molar-refractivity contribution in [3.63, 3.8) is 0 Å². The minimum Gasteiger partial charge on any atom is -0.384 e. The van der Waals surface area contributed by atoms with E-state index in [0.29, 0.717) is 24.0 Å². The topological polar surface area (TPSA) is 56.3 Å². The van der Waals surface area contributed by atoms with E-state index in [1.165, 1.54) is 0 Å². The van der Waals surface area contributed by atoms with Gasteiger partial charge in [0, 0.05) is 31.6 Å². The highest BCUT2D eigenvalue weighted by molar-refractivity contribution is 7.17. The molecule has 2 aromatic rings. The minimum absolute atomic E-state index is 0.355. The van der Waals surface area contributed by atoms with Gasteiger partial charge in [0.1, 0.15) is 12.1 Å². The third-order valence-electron chi connectivity index (χ3n) is 4.43. The van der Waals surface area contributed by atoms with Crippen LogP contribution in [0.5, 0.6) is 0 Å². The molecule has 106 valence electrons. The predicted octanol–water partition coefficient (Wildman–Crippen LogP) is 2.15. The van der Waals surface area contributed by atoms with Gasteiger partial charge in [-0.3, -0.25) is 0 Å². The standard InChI is InChI=1S/C14H17N3O2S/c1-18-6-9-11(8-2-4-19-12(8)9)17-14-13-10(3-5-20-13)15-7-16-14/h3,5,7-9,11-12H,2,4,6H2,1H3,(H,15,16,17)/t8-,9+,11-,12-/m0/s1. The van der Waals surface area contributed by atoms with E-state index in [0.717, 1.165) is 35.7 Å². The van der Waals surface area contributed by atoms with Gasteiger partial charge >= 0.3 is 0 Å². The molecule has 2 aromatic heterocycles. The monoisotopic (exact) mass is 291 g/mol. The lowest BCUT2D eigenvalue weighted by Crippen LogP contribution is -2.58. The number of aromatic nitrogens is 2. The van der Waals surface area contributed by atoms with E-state index >= 15 is 0 Å². The van der Waals surface area contributed by atoms with Gasteiger partial charge in [-0.2, -0.15) is 0 Å². The molecule has 1 N–H and O–H groups in total. The summed E-state index contributed by atoms with van der Waals surface area (Å²) in [5.41, 5.74) is 1.01. The van der Waals surface area contributed by atoms with Crippen molar-refractivity contribution in [1.82, 2.24) is 9.97 Å². The molecule has 5 nitrogen and oxygen atoms in total. The van der Waals surface area contributed by atoms with Crippen molar-refractivity contribution in [2.45, 2.75) is 18.6 Å². The van der Waals surface area contributed by atoms with Crippen molar-refractivity contribution in [2.24, 2.45) is 11.8 Å². The number of methoxy groups -OCH3 is 1. The summed E-state index contributed by atoms with van der Waals surface area (Å²) in [4.78, 5) is 8.70. The lowest BCUT2D eigenvalue weighted by molar-refractivity contribution is -0.0667. The first kappa shape index (κ1) is 12.5. The molecule has 1 aliphatic carbocycles. The van der Waals surface area contributed by atoms with Crippen molar-refractivity contribution >= 4 is 27.4 Å². The summed E-state index contributed by atoms with van der Waals surface area (Å²) in [5.74, 6) is 1.94. The highest BCUT2D eigenvalue weighted by atomic mass is 32.1. The van der Waals surface area contributed by atoms with Crippen LogP contribution in [0.15, 0.2) is 17.8 Å². The molecule has 2 fully saturated rings. The Labute approximate surface area is 121 Å². The Bertz CT molecular complexity index is 617. The SMILES string of the molecule is COC[C@@H]1[C@@H](Nc2ncnc3ccsc23)[C@@H]2CCO[C@H]12. The molecule has 4 rings (SSSR count). The van der Waals surface area contributed by atoms with Crippen molar-refractivity contribution in [1.29, 1.82) is 0 Å². The highest BCUT2D eigenvalue weighted by Gasteiger charge is 2.53. The van der Waals surface area contributed by atoms with Crippen molar-refractivity contribution in [3.05, 3.63) is 17.8 Å². The molecule has 20 heavy (non-hydrogen) atoms. The fourth-order valence-corrected chi connectivity index (χ4v) is 4.28. The number of anilines is 1. The predicted molar refractivity (Wildman–Crippen MR) is 78.0 cm³/mol. The Morgan fingerprint density at radius 3 is 3.35 bits per heavy atom. The molecule has 4 atom stereocenters. The van der Waals surface area contributed by atoms with E-state index in [2.05, 4.69) is 20.7 Å². The van der Waals surface area contributed by atoms with E-state index in [9.17, 15) is 0 Å². The van der Waals surface area contributed by atoms with Gasteiger partial charge in [-0.15, -0.1) is 11.3 Å². The van der Waals surface area contributed by atoms with Crippen molar-refractivity contribution < 1.29 is 9.47 Å². The zero-order chi connectivity index (χ0) is 13.5. The van der Waals surface area contributed by atoms with Crippen LogP contribution in [0.2, 0.25) is 0 Å². The van der Waals surface area contributed by atoms with E-state index < -0.39 is 0 Å². The molecular weight excluding hydrogens is 274 g/mol. The Morgan fingerprint density at radius 2 is 2.45 bits per heavy atom. The molecule has 0 spiro atoms. The molecule has 0 unspecified atom stereocenters. The fraction of sp³-hybridized carbons (Fsp3) is 0.571. The average Bonchev–Trinajstić information content (AvgIpc) is 3.09. The highest BCUT2D eigenvalue weighted by Crippen LogP contribution is 2.45. The summed E-state index contributed by atoms with van der Waals surface area (Å²) in [6, 6.07) is 2.42. The molecule has 0 aromatic carbocycles. The van der Waals surface area contributed by atoms with E-state index in [1.807, 2.05) is 6.07 Å². The Balaban J connectivity index is 1.60. The maximum Gasteiger partial charge on any atom is 0.147 e. The number of rotatable bonds is 4. The molecule has 1 saturated heterocycles. The maximum absolute atomic E-state index is 5.81. The third-order valence-corrected chi connectivity index (χ3v) is 5.34. The van der Waals surface area contributed by atoms with Gasteiger partial charge in [-0.05, 0) is 17.9 Å². The van der Waals surface area contributed by atoms with Gasteiger partial charge in [-0.25, -0.2) is 9.97 Å². The summed E-state index contributed by atoms with van der Waals surface area (Å²) in [6.45, 7) is 1.60. The second kappa shape index (κ2) is 4.95. The molecule has 3 heterocycles. The number of nitrogens with one attached hydrogen (secondary N) is 1. The van der Waals surface area contributed by atoms with E-state index in [-0.39, 0.29) is 0 Å². The van der Waals surface area contributed by atoms with Gasteiger partial charge in [0.05, 0.1) is 22.9 Å². The lowest BCUT2D eigenvalue weighted by atomic mass is 9.67. The van der Waals surface area contributed by atoms with Gasteiger partial charge in [0.25, 0.3) is 0 Å². The Hall–Kier alpha value is -1.24. The normalized spacial score (nSPS) is 32.0. The second-order valence-corrected chi connectivity index (χ2v) is 6.35. The van der Waals surface area contributed by atoms with Crippen molar-refractivity contribution in [2.75, 3.05) is 25.6 Å². The third kappa shape index (κ3) is 1.82. The minimum atomic E-state index is 0.355. The van der Waals surface area contributed by atoms with Crippen LogP contribution in [0.3, 0.4) is 0 Å². The van der Waals surface area contributed by atoms with Gasteiger partial charge in [0.15, 0.2) is 0 Å². The number of nitrogens with zero attached hydrogens (tertiary/aromatic N) is 2. The molecule has 1 aliphatic heterocycles. The Morgan fingerprint density at radius 1 is 1.50 bits per heavy atom. The van der Waals surface area contributed by atoms with Crippen LogP contribution < -0.4 is 5.32 Å². The maximum atomic E-state index is 5.81. The lowest BCUT2D eigenvalue weighted by Gasteiger charge is -2.47. The Kier molecular flexibility index (Phi) is 3.09. The molecule has 2 aliphatic rings. The molecule has 0 amide bonds. The first-order valence-electron chi connectivity index (χ1n) is 6.94. The molecule has 0 radical (unpaired) electrons. The van der Waals surface area contributed by atoms with Gasteiger partial charge in [0.2, 0.25) is 0 Å². The van der Waals surface area contributed by atoms with Crippen LogP contribution in [0, 0.1) is 11.8 Å². The van der Waals surface area contributed by atoms with E-state index in [4.69, 9.17) is 9.47 Å². The fourth-order valence-electron chi connectivity index (χ4n) is 3.48. The van der Waals surface area contributed by atoms with Crippen LogP contribution >= 0.6 is 11.3 Å². The van der Waals surface area contributed by atoms with E-state index in [1.54, 1.807) is 24.8 Å². The molecular formula is C14H17N3O2S. The zero-order valence-electron chi connectivity index (χ0n) is 11.3. The largest absolute Gasteiger partial charge is 0.384 e. The van der Waals surface area contributed by atoms with Crippen LogP contribution in [0.25, 0.3) is 10.2 Å². The summed E-state index contributed by atoms with van der Waals surface area (Å²) in [7, 11) is 1.75. The summed E-state index contributed by atoms with van der Waals surface area (Å²) >= 11 is 1.68. The smallest absolute Gasteiger partial charge is 0.147 e. The molecule has 6 heteroatoms. The van der Waals surface area contributed by atoms with Gasteiger partial charge < -0.3 is 14.8 Å². The summed E-state index contributed by atoms with van der Waals surface area (Å²) in [5, 5.41) is 5.67. The number of hydrogen-bond acceptors (Lipinski definition) is 6. The molecule has 0 bridgehead atoms. The quantitative estimate of drug-likeness (QED) is 0.935. The first-order chi connectivity index (χ1) is 9.88. The molecule has 1 saturated carbocycles. The van der Waals surface area contributed by atoms with Crippen LogP contribution in [-0.2, 0) is 9.47 Å². The summed E-state index contributed by atoms with van der Waals surface area (Å²) in [6.07, 6.45) is 3.11. The van der Waals surface area contributed by atoms with Crippen LogP contribution in [-0.4, -0.2) is 42.4 Å². The summed E-state index contributed by atoms with van der Waals surface area (Å²) < 4.78 is 12.3. The second-order valence-electron chi connectivity index (χ2n) is 5.43. The van der Waals surface area contributed by atoms with Crippen LogP contribution in [0.4, 0.5) is 5.82 Å². The van der Waals surface area contributed by atoms with Crippen molar-refractivity contribution in [3.8, 4) is 0 Å².